The summed E-state index contributed by atoms with van der Waals surface area (Å²) in [6.45, 7) is 1.85. The lowest BCUT2D eigenvalue weighted by Gasteiger charge is -2.31. The molecule has 8 heteroatoms. The standard InChI is InChI=1S/C23H26N4O3S/c1-17(22(27(2)3)18-7-5-4-6-8-18)26-31(29,30)21-11-9-20(10-12-21)25-23(28)19-13-15-24-16-14-19/h4-17,22,26H,1-3H3,(H,25,28)/t17-,22-/m1/s1. The predicted octanol–water partition coefficient (Wildman–Crippen LogP) is 3.30. The van der Waals surface area contributed by atoms with Crippen molar-refractivity contribution in [1.82, 2.24) is 14.6 Å². The van der Waals surface area contributed by atoms with Gasteiger partial charge in [-0.2, -0.15) is 0 Å². The Hall–Kier alpha value is -3.07. The molecule has 0 unspecified atom stereocenters. The smallest absolute Gasteiger partial charge is 0.255 e. The van der Waals surface area contributed by atoms with Crippen LogP contribution in [0, 0.1) is 0 Å². The zero-order valence-corrected chi connectivity index (χ0v) is 18.5. The number of aromatic nitrogens is 1. The summed E-state index contributed by atoms with van der Waals surface area (Å²) < 4.78 is 28.6. The van der Waals surface area contributed by atoms with E-state index in [-0.39, 0.29) is 22.9 Å². The zero-order chi connectivity index (χ0) is 22.4. The fraction of sp³-hybridized carbons (Fsp3) is 0.217. The van der Waals surface area contributed by atoms with E-state index in [1.807, 2.05) is 56.3 Å². The number of hydrogen-bond acceptors (Lipinski definition) is 5. The summed E-state index contributed by atoms with van der Waals surface area (Å²) in [6, 6.07) is 18.6. The third-order valence-corrected chi connectivity index (χ3v) is 6.45. The number of sulfonamides is 1. The molecular formula is C23H26N4O3S. The van der Waals surface area contributed by atoms with E-state index in [1.54, 1.807) is 24.3 Å². The second kappa shape index (κ2) is 9.82. The van der Waals surface area contributed by atoms with Crippen LogP contribution < -0.4 is 10.0 Å². The quantitative estimate of drug-likeness (QED) is 0.563. The molecule has 0 aliphatic rings. The molecule has 0 fully saturated rings. The predicted molar refractivity (Wildman–Crippen MR) is 121 cm³/mol. The van der Waals surface area contributed by atoms with Crippen LogP contribution in [0.3, 0.4) is 0 Å². The number of hydrogen-bond donors (Lipinski definition) is 2. The molecule has 0 bridgehead atoms. The minimum atomic E-state index is -3.74. The number of rotatable bonds is 8. The van der Waals surface area contributed by atoms with E-state index in [2.05, 4.69) is 15.0 Å². The van der Waals surface area contributed by atoms with Gasteiger partial charge in [-0.1, -0.05) is 30.3 Å². The Morgan fingerprint density at radius 2 is 1.55 bits per heavy atom. The van der Waals surface area contributed by atoms with Gasteiger partial charge in [-0.05, 0) is 63.0 Å². The number of carbonyl (C=O) groups excluding carboxylic acids is 1. The number of nitrogens with one attached hydrogen (secondary N) is 2. The molecule has 0 saturated carbocycles. The maximum absolute atomic E-state index is 12.9. The van der Waals surface area contributed by atoms with Crippen LogP contribution in [-0.4, -0.2) is 44.3 Å². The molecule has 1 aromatic heterocycles. The largest absolute Gasteiger partial charge is 0.322 e. The van der Waals surface area contributed by atoms with Crippen molar-refractivity contribution in [2.45, 2.75) is 23.9 Å². The Bertz CT molecular complexity index is 1100. The van der Waals surface area contributed by atoms with Crippen molar-refractivity contribution >= 4 is 21.6 Å². The molecule has 1 amide bonds. The molecule has 0 radical (unpaired) electrons. The Balaban J connectivity index is 1.72. The van der Waals surface area contributed by atoms with E-state index in [0.717, 1.165) is 5.56 Å². The monoisotopic (exact) mass is 438 g/mol. The fourth-order valence-corrected chi connectivity index (χ4v) is 4.73. The highest BCUT2D eigenvalue weighted by Crippen LogP contribution is 2.24. The summed E-state index contributed by atoms with van der Waals surface area (Å²) in [5.74, 6) is -0.290. The maximum Gasteiger partial charge on any atom is 0.255 e. The van der Waals surface area contributed by atoms with Crippen LogP contribution in [0.4, 0.5) is 5.69 Å². The highest BCUT2D eigenvalue weighted by Gasteiger charge is 2.26. The summed E-state index contributed by atoms with van der Waals surface area (Å²) >= 11 is 0. The normalized spacial score (nSPS) is 13.5. The lowest BCUT2D eigenvalue weighted by Crippen LogP contribution is -2.42. The van der Waals surface area contributed by atoms with Gasteiger partial charge in [0.2, 0.25) is 10.0 Å². The van der Waals surface area contributed by atoms with Crippen LogP contribution in [0.1, 0.15) is 28.9 Å². The molecule has 0 aliphatic carbocycles. The minimum Gasteiger partial charge on any atom is -0.322 e. The maximum atomic E-state index is 12.9. The van der Waals surface area contributed by atoms with Gasteiger partial charge < -0.3 is 10.2 Å². The zero-order valence-electron chi connectivity index (χ0n) is 17.7. The van der Waals surface area contributed by atoms with Crippen molar-refractivity contribution in [1.29, 1.82) is 0 Å². The third-order valence-electron chi connectivity index (χ3n) is 4.88. The molecule has 162 valence electrons. The van der Waals surface area contributed by atoms with Crippen molar-refractivity contribution in [2.75, 3.05) is 19.4 Å². The van der Waals surface area contributed by atoms with Crippen LogP contribution in [0.15, 0.2) is 84.0 Å². The van der Waals surface area contributed by atoms with E-state index < -0.39 is 10.0 Å². The average Bonchev–Trinajstić information content (AvgIpc) is 2.75. The van der Waals surface area contributed by atoms with Gasteiger partial charge in [0.1, 0.15) is 0 Å². The first-order valence-corrected chi connectivity index (χ1v) is 11.3. The van der Waals surface area contributed by atoms with Crippen LogP contribution in [-0.2, 0) is 10.0 Å². The molecular weight excluding hydrogens is 412 g/mol. The molecule has 0 saturated heterocycles. The summed E-state index contributed by atoms with van der Waals surface area (Å²) in [7, 11) is 0.0977. The van der Waals surface area contributed by atoms with E-state index in [0.29, 0.717) is 11.3 Å². The van der Waals surface area contributed by atoms with E-state index in [4.69, 9.17) is 0 Å². The van der Waals surface area contributed by atoms with Gasteiger partial charge in [0, 0.05) is 29.7 Å². The van der Waals surface area contributed by atoms with Crippen LogP contribution in [0.25, 0.3) is 0 Å². The first-order valence-electron chi connectivity index (χ1n) is 9.83. The number of likely N-dealkylation sites (N-methyl/N-ethyl adjacent to an activating group) is 1. The van der Waals surface area contributed by atoms with Gasteiger partial charge in [0.25, 0.3) is 5.91 Å². The minimum absolute atomic E-state index is 0.130. The van der Waals surface area contributed by atoms with E-state index in [9.17, 15) is 13.2 Å². The van der Waals surface area contributed by atoms with Crippen LogP contribution in [0.2, 0.25) is 0 Å². The first-order chi connectivity index (χ1) is 14.8. The van der Waals surface area contributed by atoms with E-state index in [1.165, 1.54) is 24.5 Å². The number of benzene rings is 2. The second-order valence-corrected chi connectivity index (χ2v) is 9.16. The summed E-state index contributed by atoms with van der Waals surface area (Å²) in [4.78, 5) is 18.2. The van der Waals surface area contributed by atoms with Crippen molar-refractivity contribution in [3.05, 3.63) is 90.3 Å². The van der Waals surface area contributed by atoms with Crippen LogP contribution >= 0.6 is 0 Å². The number of carbonyl (C=O) groups is 1. The molecule has 7 nitrogen and oxygen atoms in total. The van der Waals surface area contributed by atoms with Gasteiger partial charge in [-0.3, -0.25) is 9.78 Å². The Morgan fingerprint density at radius 1 is 0.935 bits per heavy atom. The number of amides is 1. The van der Waals surface area contributed by atoms with Gasteiger partial charge in [-0.15, -0.1) is 0 Å². The average molecular weight is 439 g/mol. The highest BCUT2D eigenvalue weighted by atomic mass is 32.2. The fourth-order valence-electron chi connectivity index (χ4n) is 3.49. The van der Waals surface area contributed by atoms with Crippen LogP contribution in [0.5, 0.6) is 0 Å². The molecule has 0 aliphatic heterocycles. The Kier molecular flexibility index (Phi) is 7.17. The van der Waals surface area contributed by atoms with Gasteiger partial charge >= 0.3 is 0 Å². The molecule has 2 N–H and O–H groups in total. The van der Waals surface area contributed by atoms with Gasteiger partial charge in [-0.25, -0.2) is 13.1 Å². The molecule has 3 rings (SSSR count). The molecule has 31 heavy (non-hydrogen) atoms. The molecule has 0 spiro atoms. The van der Waals surface area contributed by atoms with Crippen molar-refractivity contribution in [2.24, 2.45) is 0 Å². The Morgan fingerprint density at radius 3 is 2.13 bits per heavy atom. The van der Waals surface area contributed by atoms with Crippen molar-refractivity contribution in [3.63, 3.8) is 0 Å². The van der Waals surface area contributed by atoms with Gasteiger partial charge in [0.15, 0.2) is 0 Å². The molecule has 2 atom stereocenters. The molecule has 2 aromatic carbocycles. The van der Waals surface area contributed by atoms with Crippen molar-refractivity contribution in [3.8, 4) is 0 Å². The SMILES string of the molecule is C[C@@H](NS(=O)(=O)c1ccc(NC(=O)c2ccncc2)cc1)[C@H](c1ccccc1)N(C)C. The van der Waals surface area contributed by atoms with E-state index >= 15 is 0 Å². The van der Waals surface area contributed by atoms with Gasteiger partial charge in [0.05, 0.1) is 10.9 Å². The number of anilines is 1. The number of nitrogens with zero attached hydrogens (tertiary/aromatic N) is 2. The second-order valence-electron chi connectivity index (χ2n) is 7.44. The molecule has 3 aromatic rings. The lowest BCUT2D eigenvalue weighted by atomic mass is 10.0. The lowest BCUT2D eigenvalue weighted by molar-refractivity contribution is 0.102. The molecule has 1 heterocycles. The van der Waals surface area contributed by atoms with Crippen molar-refractivity contribution < 1.29 is 13.2 Å². The summed E-state index contributed by atoms with van der Waals surface area (Å²) in [5, 5.41) is 2.74. The summed E-state index contributed by atoms with van der Waals surface area (Å²) in [5.41, 5.74) is 2.00. The Labute approximate surface area is 183 Å². The third kappa shape index (κ3) is 5.75. The highest BCUT2D eigenvalue weighted by molar-refractivity contribution is 7.89. The topological polar surface area (TPSA) is 91.4 Å². The number of pyridine rings is 1. The summed E-state index contributed by atoms with van der Waals surface area (Å²) in [6.07, 6.45) is 3.07. The first kappa shape index (κ1) is 22.6.